The van der Waals surface area contributed by atoms with E-state index in [4.69, 9.17) is 4.99 Å². The van der Waals surface area contributed by atoms with Crippen molar-refractivity contribution in [3.63, 3.8) is 0 Å². The van der Waals surface area contributed by atoms with Gasteiger partial charge in [0.2, 0.25) is 0 Å². The van der Waals surface area contributed by atoms with Gasteiger partial charge in [-0.15, -0.1) is 0 Å². The molecule has 0 saturated carbocycles. The van der Waals surface area contributed by atoms with Gasteiger partial charge in [-0.3, -0.25) is 5.10 Å². The average molecular weight is 254 g/mol. The predicted molar refractivity (Wildman–Crippen MR) is 76.6 cm³/mol. The van der Waals surface area contributed by atoms with Gasteiger partial charge in [0.15, 0.2) is 0 Å². The monoisotopic (exact) mass is 254 g/mol. The SMILES string of the molecule is CCC1=Nc2ccccc2CC(c2cc[nH]n2)N1C. The maximum absolute atomic E-state index is 4.80. The van der Waals surface area contributed by atoms with Crippen molar-refractivity contribution >= 4 is 11.5 Å². The molecule has 4 heteroatoms. The molecular weight excluding hydrogens is 236 g/mol. The van der Waals surface area contributed by atoms with E-state index in [0.717, 1.165) is 30.1 Å². The van der Waals surface area contributed by atoms with Crippen LogP contribution in [0.3, 0.4) is 0 Å². The van der Waals surface area contributed by atoms with Crippen molar-refractivity contribution in [1.29, 1.82) is 0 Å². The topological polar surface area (TPSA) is 44.3 Å². The van der Waals surface area contributed by atoms with Crippen LogP contribution in [-0.2, 0) is 6.42 Å². The molecule has 4 nitrogen and oxygen atoms in total. The zero-order valence-electron chi connectivity index (χ0n) is 11.3. The number of hydrogen-bond acceptors (Lipinski definition) is 3. The summed E-state index contributed by atoms with van der Waals surface area (Å²) in [6.07, 6.45) is 3.74. The van der Waals surface area contributed by atoms with E-state index >= 15 is 0 Å². The molecule has 1 aromatic heterocycles. The minimum Gasteiger partial charge on any atom is -0.354 e. The molecule has 3 rings (SSSR count). The molecule has 0 radical (unpaired) electrons. The van der Waals surface area contributed by atoms with E-state index in [0.29, 0.717) is 0 Å². The first-order valence-corrected chi connectivity index (χ1v) is 6.67. The van der Waals surface area contributed by atoms with Crippen LogP contribution in [0.4, 0.5) is 5.69 Å². The molecule has 2 aromatic rings. The lowest BCUT2D eigenvalue weighted by atomic mass is 10.0. The van der Waals surface area contributed by atoms with E-state index < -0.39 is 0 Å². The van der Waals surface area contributed by atoms with Gasteiger partial charge in [0.25, 0.3) is 0 Å². The lowest BCUT2D eigenvalue weighted by Gasteiger charge is -2.27. The third-order valence-electron chi connectivity index (χ3n) is 3.71. The summed E-state index contributed by atoms with van der Waals surface area (Å²) < 4.78 is 0. The van der Waals surface area contributed by atoms with Crippen molar-refractivity contribution in [2.75, 3.05) is 7.05 Å². The second kappa shape index (κ2) is 4.88. The molecule has 0 amide bonds. The van der Waals surface area contributed by atoms with Crippen LogP contribution in [0.15, 0.2) is 41.5 Å². The van der Waals surface area contributed by atoms with Crippen LogP contribution in [0.2, 0.25) is 0 Å². The van der Waals surface area contributed by atoms with Gasteiger partial charge in [0, 0.05) is 26.1 Å². The third-order valence-corrected chi connectivity index (χ3v) is 3.71. The smallest absolute Gasteiger partial charge is 0.105 e. The Bertz CT molecular complexity index is 586. The minimum atomic E-state index is 0.244. The molecule has 1 aliphatic rings. The van der Waals surface area contributed by atoms with Crippen LogP contribution in [0.25, 0.3) is 0 Å². The number of likely N-dealkylation sites (N-methyl/N-ethyl adjacent to an activating group) is 1. The van der Waals surface area contributed by atoms with Gasteiger partial charge in [-0.05, 0) is 17.7 Å². The van der Waals surface area contributed by atoms with Gasteiger partial charge in [-0.1, -0.05) is 25.1 Å². The summed E-state index contributed by atoms with van der Waals surface area (Å²) in [5, 5.41) is 7.26. The zero-order chi connectivity index (χ0) is 13.2. The lowest BCUT2D eigenvalue weighted by molar-refractivity contribution is 0.362. The average Bonchev–Trinajstić information content (AvgIpc) is 2.92. The first-order chi connectivity index (χ1) is 9.29. The maximum Gasteiger partial charge on any atom is 0.105 e. The molecule has 1 unspecified atom stereocenters. The second-order valence-electron chi connectivity index (χ2n) is 4.84. The normalized spacial score (nSPS) is 18.7. The van der Waals surface area contributed by atoms with Gasteiger partial charge < -0.3 is 4.90 Å². The number of hydrogen-bond donors (Lipinski definition) is 1. The molecule has 0 spiro atoms. The standard InChI is InChI=1S/C15H18N4/c1-3-15-17-12-7-5-4-6-11(12)10-14(19(15)2)13-8-9-16-18-13/h4-9,14H,3,10H2,1-2H3,(H,16,18). The van der Waals surface area contributed by atoms with E-state index in [1.54, 1.807) is 0 Å². The summed E-state index contributed by atoms with van der Waals surface area (Å²) in [5.41, 5.74) is 3.44. The van der Waals surface area contributed by atoms with Gasteiger partial charge in [0.1, 0.15) is 5.84 Å². The Balaban J connectivity index is 2.08. The van der Waals surface area contributed by atoms with E-state index in [2.05, 4.69) is 47.3 Å². The summed E-state index contributed by atoms with van der Waals surface area (Å²) in [4.78, 5) is 7.05. The predicted octanol–water partition coefficient (Wildman–Crippen LogP) is 3.08. The quantitative estimate of drug-likeness (QED) is 0.895. The van der Waals surface area contributed by atoms with Gasteiger partial charge in [-0.2, -0.15) is 5.10 Å². The summed E-state index contributed by atoms with van der Waals surface area (Å²) in [7, 11) is 2.10. The molecule has 98 valence electrons. The van der Waals surface area contributed by atoms with E-state index in [9.17, 15) is 0 Å². The maximum atomic E-state index is 4.80. The third kappa shape index (κ3) is 2.14. The van der Waals surface area contributed by atoms with Crippen molar-refractivity contribution in [3.8, 4) is 0 Å². The molecule has 0 fully saturated rings. The number of H-pyrrole nitrogens is 1. The fourth-order valence-electron chi connectivity index (χ4n) is 2.62. The lowest BCUT2D eigenvalue weighted by Crippen LogP contribution is -2.31. The van der Waals surface area contributed by atoms with E-state index in [1.165, 1.54) is 5.56 Å². The minimum absolute atomic E-state index is 0.244. The van der Waals surface area contributed by atoms with Crippen molar-refractivity contribution in [1.82, 2.24) is 15.1 Å². The fraction of sp³-hybridized carbons (Fsp3) is 0.333. The Kier molecular flexibility index (Phi) is 3.07. The van der Waals surface area contributed by atoms with Crippen LogP contribution in [-0.4, -0.2) is 28.0 Å². The molecule has 1 atom stereocenters. The largest absolute Gasteiger partial charge is 0.354 e. The highest BCUT2D eigenvalue weighted by molar-refractivity contribution is 5.86. The number of rotatable bonds is 2. The summed E-state index contributed by atoms with van der Waals surface area (Å²) in [6.45, 7) is 2.14. The molecule has 1 aliphatic heterocycles. The number of nitrogens with one attached hydrogen (secondary N) is 1. The number of fused-ring (bicyclic) bond motifs is 1. The second-order valence-corrected chi connectivity index (χ2v) is 4.84. The number of aromatic nitrogens is 2. The highest BCUT2D eigenvalue weighted by Gasteiger charge is 2.25. The number of nitrogens with zero attached hydrogens (tertiary/aromatic N) is 3. The summed E-state index contributed by atoms with van der Waals surface area (Å²) >= 11 is 0. The molecular formula is C15H18N4. The van der Waals surface area contributed by atoms with Crippen LogP contribution in [0, 0.1) is 0 Å². The highest BCUT2D eigenvalue weighted by atomic mass is 15.2. The molecule has 2 heterocycles. The first kappa shape index (κ1) is 12.0. The van der Waals surface area contributed by atoms with Gasteiger partial charge in [0.05, 0.1) is 17.4 Å². The van der Waals surface area contributed by atoms with Gasteiger partial charge in [-0.25, -0.2) is 4.99 Å². The molecule has 0 aliphatic carbocycles. The van der Waals surface area contributed by atoms with Crippen LogP contribution in [0.5, 0.6) is 0 Å². The number of para-hydroxylation sites is 1. The Morgan fingerprint density at radius 2 is 2.16 bits per heavy atom. The Morgan fingerprint density at radius 3 is 2.89 bits per heavy atom. The van der Waals surface area contributed by atoms with Crippen molar-refractivity contribution in [3.05, 3.63) is 47.8 Å². The van der Waals surface area contributed by atoms with Crippen molar-refractivity contribution in [2.24, 2.45) is 4.99 Å². The van der Waals surface area contributed by atoms with E-state index in [-0.39, 0.29) is 6.04 Å². The summed E-state index contributed by atoms with van der Waals surface area (Å²) in [6, 6.07) is 10.7. The van der Waals surface area contributed by atoms with Crippen LogP contribution >= 0.6 is 0 Å². The Hall–Kier alpha value is -2.10. The molecule has 1 aromatic carbocycles. The van der Waals surface area contributed by atoms with Crippen LogP contribution in [0.1, 0.15) is 30.6 Å². The number of amidine groups is 1. The molecule has 0 saturated heterocycles. The number of aromatic amines is 1. The van der Waals surface area contributed by atoms with Crippen LogP contribution < -0.4 is 0 Å². The molecule has 19 heavy (non-hydrogen) atoms. The Morgan fingerprint density at radius 1 is 1.32 bits per heavy atom. The molecule has 0 bridgehead atoms. The van der Waals surface area contributed by atoms with Crippen molar-refractivity contribution < 1.29 is 0 Å². The molecule has 1 N–H and O–H groups in total. The number of benzene rings is 1. The highest BCUT2D eigenvalue weighted by Crippen LogP contribution is 2.32. The zero-order valence-corrected chi connectivity index (χ0v) is 11.3. The first-order valence-electron chi connectivity index (χ1n) is 6.67. The number of aliphatic imine (C=N–C) groups is 1. The Labute approximate surface area is 113 Å². The summed E-state index contributed by atoms with van der Waals surface area (Å²) in [5.74, 6) is 1.11. The van der Waals surface area contributed by atoms with E-state index in [1.807, 2.05) is 18.3 Å². The fourth-order valence-corrected chi connectivity index (χ4v) is 2.62. The van der Waals surface area contributed by atoms with Gasteiger partial charge >= 0.3 is 0 Å². The van der Waals surface area contributed by atoms with Crippen molar-refractivity contribution in [2.45, 2.75) is 25.8 Å².